The van der Waals surface area contributed by atoms with E-state index in [1.807, 2.05) is 39.2 Å². The lowest BCUT2D eigenvalue weighted by Crippen LogP contribution is -2.51. The number of halogens is 1. The molecule has 1 saturated heterocycles. The van der Waals surface area contributed by atoms with Gasteiger partial charge < -0.3 is 24.0 Å². The predicted octanol–water partition coefficient (Wildman–Crippen LogP) is 5.80. The van der Waals surface area contributed by atoms with Crippen molar-refractivity contribution in [2.45, 2.75) is 75.4 Å². The summed E-state index contributed by atoms with van der Waals surface area (Å²) in [5.74, 6) is 0.612. The van der Waals surface area contributed by atoms with Crippen molar-refractivity contribution in [3.8, 4) is 5.75 Å². The van der Waals surface area contributed by atoms with Gasteiger partial charge in [-0.15, -0.1) is 0 Å². The fourth-order valence-corrected chi connectivity index (χ4v) is 10.0. The van der Waals surface area contributed by atoms with E-state index in [2.05, 4.69) is 38.8 Å². The van der Waals surface area contributed by atoms with Crippen molar-refractivity contribution < 1.29 is 27.4 Å². The molecule has 2 fully saturated rings. The molecule has 11 heteroatoms. The molecule has 1 amide bonds. The zero-order valence-electron chi connectivity index (χ0n) is 29.1. The van der Waals surface area contributed by atoms with E-state index in [1.54, 1.807) is 13.0 Å². The van der Waals surface area contributed by atoms with Crippen molar-refractivity contribution in [1.29, 1.82) is 0 Å². The van der Waals surface area contributed by atoms with E-state index in [9.17, 15) is 13.2 Å². The Morgan fingerprint density at radius 2 is 1.86 bits per heavy atom. The molecule has 2 aromatic carbocycles. The average Bonchev–Trinajstić information content (AvgIpc) is 3.21. The van der Waals surface area contributed by atoms with Gasteiger partial charge in [0.15, 0.2) is 6.29 Å². The molecule has 3 aliphatic heterocycles. The van der Waals surface area contributed by atoms with Crippen LogP contribution in [0.25, 0.3) is 0 Å². The highest BCUT2D eigenvalue weighted by Crippen LogP contribution is 2.48. The molecule has 7 rings (SSSR count). The normalized spacial score (nSPS) is 35.3. The number of rotatable bonds is 2. The van der Waals surface area contributed by atoms with Crippen LogP contribution < -0.4 is 14.4 Å². The van der Waals surface area contributed by atoms with Crippen LogP contribution in [0.15, 0.2) is 48.6 Å². The number of likely N-dealkylation sites (N-methyl/N-ethyl adjacent to an activating group) is 1. The number of fused-ring (bicyclic) bond motifs is 4. The van der Waals surface area contributed by atoms with Crippen LogP contribution in [0.1, 0.15) is 67.4 Å². The Bertz CT molecular complexity index is 1690. The van der Waals surface area contributed by atoms with Gasteiger partial charge in [-0.05, 0) is 119 Å². The lowest BCUT2D eigenvalue weighted by molar-refractivity contribution is -0.230. The third-order valence-electron chi connectivity index (χ3n) is 12.1. The van der Waals surface area contributed by atoms with Crippen molar-refractivity contribution in [2.24, 2.45) is 23.7 Å². The molecule has 1 spiro atoms. The number of allylic oxidation sites excluding steroid dienone is 1. The highest BCUT2D eigenvalue weighted by Gasteiger charge is 2.46. The topological polar surface area (TPSA) is 97.4 Å². The van der Waals surface area contributed by atoms with E-state index in [1.165, 1.54) is 11.1 Å². The lowest BCUT2D eigenvalue weighted by atomic mass is 9.65. The van der Waals surface area contributed by atoms with E-state index >= 15 is 0 Å². The molecular weight excluding hydrogens is 662 g/mol. The van der Waals surface area contributed by atoms with E-state index in [4.69, 9.17) is 25.8 Å². The first-order valence-corrected chi connectivity index (χ1v) is 19.8. The number of nitrogens with zero attached hydrogens (tertiary/aromatic N) is 2. The van der Waals surface area contributed by atoms with Gasteiger partial charge in [-0.1, -0.05) is 36.7 Å². The third kappa shape index (κ3) is 6.88. The van der Waals surface area contributed by atoms with Gasteiger partial charge in [0.1, 0.15) is 5.75 Å². The molecular formula is C38H50ClN3O6S. The van der Waals surface area contributed by atoms with E-state index in [0.29, 0.717) is 49.4 Å². The Hall–Kier alpha value is -2.63. The number of aryl methyl sites for hydroxylation is 1. The number of hydrogen-bond acceptors (Lipinski definition) is 8. The van der Waals surface area contributed by atoms with Gasteiger partial charge in [0.05, 0.1) is 36.8 Å². The second kappa shape index (κ2) is 13.8. The molecule has 6 atom stereocenters. The number of carbonyl (C=O) groups excluding carboxylic acids is 1. The first-order valence-electron chi connectivity index (χ1n) is 17.9. The van der Waals surface area contributed by atoms with E-state index in [-0.39, 0.29) is 29.6 Å². The van der Waals surface area contributed by atoms with Crippen molar-refractivity contribution in [3.63, 3.8) is 0 Å². The zero-order valence-corrected chi connectivity index (χ0v) is 30.6. The molecule has 2 aliphatic carbocycles. The summed E-state index contributed by atoms with van der Waals surface area (Å²) in [6.07, 6.45) is 9.66. The molecule has 0 aromatic heterocycles. The molecule has 9 nitrogen and oxygen atoms in total. The van der Waals surface area contributed by atoms with Gasteiger partial charge in [0.25, 0.3) is 5.91 Å². The minimum Gasteiger partial charge on any atom is -0.490 e. The smallest absolute Gasteiger partial charge is 0.264 e. The molecule has 1 saturated carbocycles. The summed E-state index contributed by atoms with van der Waals surface area (Å²) < 4.78 is 48.8. The number of ether oxygens (including phenoxy) is 3. The van der Waals surface area contributed by atoms with Gasteiger partial charge in [0.2, 0.25) is 10.0 Å². The zero-order chi connectivity index (χ0) is 34.5. The van der Waals surface area contributed by atoms with Crippen molar-refractivity contribution in [2.75, 3.05) is 51.9 Å². The molecule has 0 radical (unpaired) electrons. The first-order chi connectivity index (χ1) is 23.4. The number of benzene rings is 2. The van der Waals surface area contributed by atoms with E-state index < -0.39 is 21.2 Å². The van der Waals surface area contributed by atoms with Crippen LogP contribution in [-0.4, -0.2) is 83.8 Å². The highest BCUT2D eigenvalue weighted by atomic mass is 35.5. The Morgan fingerprint density at radius 1 is 1.06 bits per heavy atom. The molecule has 1 N–H and O–H groups in total. The number of carbonyl (C=O) groups is 1. The van der Waals surface area contributed by atoms with Crippen LogP contribution in [-0.2, 0) is 31.3 Å². The van der Waals surface area contributed by atoms with Crippen LogP contribution in [0.4, 0.5) is 5.69 Å². The summed E-state index contributed by atoms with van der Waals surface area (Å²) in [6, 6.07) is 11.8. The number of nitrogens with one attached hydrogen (secondary N) is 1. The Morgan fingerprint density at radius 3 is 2.59 bits per heavy atom. The first kappa shape index (κ1) is 34.8. The van der Waals surface area contributed by atoms with Gasteiger partial charge in [-0.2, -0.15) is 0 Å². The van der Waals surface area contributed by atoms with Crippen LogP contribution in [0.5, 0.6) is 5.75 Å². The van der Waals surface area contributed by atoms with Crippen molar-refractivity contribution in [1.82, 2.24) is 9.62 Å². The van der Waals surface area contributed by atoms with Crippen LogP contribution in [0.2, 0.25) is 5.02 Å². The van der Waals surface area contributed by atoms with Gasteiger partial charge >= 0.3 is 0 Å². The SMILES string of the molecule is C[C@@H]1[C@@H](C)C/C=C/[C@@H](C2OCC(N(C)C)CO2)[C@@H]2CC[C@H]2CN2C[C@@]3(CCCc4cc(Cl)ccc43)COc3ccc(cc32)C(=O)NS1(=O)=O. The highest BCUT2D eigenvalue weighted by molar-refractivity contribution is 7.90. The summed E-state index contributed by atoms with van der Waals surface area (Å²) in [7, 11) is 0.157. The largest absolute Gasteiger partial charge is 0.490 e. The van der Waals surface area contributed by atoms with E-state index in [0.717, 1.165) is 55.9 Å². The quantitative estimate of drug-likeness (QED) is 0.391. The predicted molar refractivity (Wildman–Crippen MR) is 192 cm³/mol. The minimum atomic E-state index is -3.94. The summed E-state index contributed by atoms with van der Waals surface area (Å²) in [6.45, 7) is 6.82. The number of sulfonamides is 1. The van der Waals surface area contributed by atoms with Crippen LogP contribution in [0.3, 0.4) is 0 Å². The van der Waals surface area contributed by atoms with Crippen molar-refractivity contribution in [3.05, 3.63) is 70.3 Å². The minimum absolute atomic E-state index is 0.0362. The van der Waals surface area contributed by atoms with Gasteiger partial charge in [0, 0.05) is 35.0 Å². The van der Waals surface area contributed by atoms with Gasteiger partial charge in [-0.3, -0.25) is 4.79 Å². The molecule has 266 valence electrons. The Kier molecular flexibility index (Phi) is 9.82. The molecule has 2 bridgehead atoms. The molecule has 3 heterocycles. The number of hydrogen-bond donors (Lipinski definition) is 1. The third-order valence-corrected chi connectivity index (χ3v) is 14.2. The van der Waals surface area contributed by atoms with Crippen LogP contribution in [0, 0.1) is 23.7 Å². The number of anilines is 1. The monoisotopic (exact) mass is 711 g/mol. The van der Waals surface area contributed by atoms with Gasteiger partial charge in [-0.25, -0.2) is 13.1 Å². The maximum atomic E-state index is 13.5. The fourth-order valence-electron chi connectivity index (χ4n) is 8.56. The fraction of sp³-hybridized carbons (Fsp3) is 0.605. The summed E-state index contributed by atoms with van der Waals surface area (Å²) >= 11 is 6.47. The number of amides is 1. The standard InChI is InChI=1S/C38H50ClN3O6S/c1-24-7-5-9-32(37-46-20-30(21-47-37)41(3)4)31-13-10-28(31)19-42-22-38(16-6-8-26-17-29(39)12-14-33(26)38)23-48-35-15-11-27(18-34(35)42)36(43)40-49(44,45)25(24)2/h5,9,11-12,14-15,17-18,24-25,28,30-32,37H,6-8,10,13,16,19-23H2,1-4H3,(H,40,43)/b9-5+/t24-,25+,28-,30?,31+,32+,37?,38-/m0/s1. The summed E-state index contributed by atoms with van der Waals surface area (Å²) in [4.78, 5) is 18.1. The second-order valence-corrected chi connectivity index (χ2v) is 17.8. The second-order valence-electron chi connectivity index (χ2n) is 15.3. The molecule has 49 heavy (non-hydrogen) atoms. The molecule has 2 aromatic rings. The van der Waals surface area contributed by atoms with Crippen molar-refractivity contribution >= 4 is 33.2 Å². The Labute approximate surface area is 296 Å². The average molecular weight is 712 g/mol. The summed E-state index contributed by atoms with van der Waals surface area (Å²) in [5.41, 5.74) is 3.42. The maximum Gasteiger partial charge on any atom is 0.264 e. The molecule has 0 unspecified atom stereocenters. The maximum absolute atomic E-state index is 13.5. The van der Waals surface area contributed by atoms with Crippen LogP contribution >= 0.6 is 11.6 Å². The summed E-state index contributed by atoms with van der Waals surface area (Å²) in [5, 5.41) is -0.0271. The Balaban J connectivity index is 1.28. The lowest BCUT2D eigenvalue weighted by Gasteiger charge is -2.48. The molecule has 5 aliphatic rings.